The van der Waals surface area contributed by atoms with Crippen LogP contribution in [0.1, 0.15) is 40.0 Å². The first-order valence-corrected chi connectivity index (χ1v) is 7.90. The molecule has 0 aliphatic heterocycles. The van der Waals surface area contributed by atoms with Crippen LogP contribution in [0.15, 0.2) is 24.4 Å². The second-order valence-corrected chi connectivity index (χ2v) is 6.07. The number of carboxylic acids is 1. The normalized spacial score (nSPS) is 10.7. The lowest BCUT2D eigenvalue weighted by atomic mass is 10.1. The van der Waals surface area contributed by atoms with E-state index < -0.39 is 5.97 Å². The Kier molecular flexibility index (Phi) is 5.39. The summed E-state index contributed by atoms with van der Waals surface area (Å²) in [6.45, 7) is 6.30. The van der Waals surface area contributed by atoms with Crippen molar-refractivity contribution in [1.82, 2.24) is 14.7 Å². The van der Waals surface area contributed by atoms with Gasteiger partial charge in [-0.15, -0.1) is 0 Å². The Balaban J connectivity index is 2.21. The van der Waals surface area contributed by atoms with Crippen molar-refractivity contribution in [3.63, 3.8) is 0 Å². The van der Waals surface area contributed by atoms with E-state index in [1.54, 1.807) is 22.8 Å². The topological polar surface area (TPSA) is 75.4 Å². The number of carbonyl (C=O) groups excluding carboxylic acids is 1. The summed E-state index contributed by atoms with van der Waals surface area (Å²) in [5, 5.41) is 13.1. The molecule has 1 aromatic heterocycles. The van der Waals surface area contributed by atoms with E-state index in [9.17, 15) is 9.59 Å². The molecule has 0 bridgehead atoms. The summed E-state index contributed by atoms with van der Waals surface area (Å²) in [5.41, 5.74) is 4.48. The molecule has 0 atom stereocenters. The van der Waals surface area contributed by atoms with Crippen molar-refractivity contribution in [2.24, 2.45) is 0 Å². The second kappa shape index (κ2) is 7.29. The van der Waals surface area contributed by atoms with Crippen LogP contribution in [0, 0.1) is 20.8 Å². The summed E-state index contributed by atoms with van der Waals surface area (Å²) >= 11 is 0. The number of carbonyl (C=O) groups is 2. The Hall–Kier alpha value is -2.63. The summed E-state index contributed by atoms with van der Waals surface area (Å²) in [6.07, 6.45) is 2.06. The van der Waals surface area contributed by atoms with Gasteiger partial charge < -0.3 is 10.0 Å². The summed E-state index contributed by atoms with van der Waals surface area (Å²) in [4.78, 5) is 24.7. The maximum atomic E-state index is 12.6. The molecule has 1 N–H and O–H groups in total. The molecule has 6 nitrogen and oxygen atoms in total. The highest BCUT2D eigenvalue weighted by Gasteiger charge is 2.19. The van der Waals surface area contributed by atoms with Crippen LogP contribution >= 0.6 is 0 Å². The van der Waals surface area contributed by atoms with E-state index in [1.807, 2.05) is 39.0 Å². The number of hydrogen-bond donors (Lipinski definition) is 1. The number of nitrogens with zero attached hydrogens (tertiary/aromatic N) is 3. The highest BCUT2D eigenvalue weighted by molar-refractivity contribution is 5.95. The van der Waals surface area contributed by atoms with Gasteiger partial charge in [-0.1, -0.05) is 12.1 Å². The van der Waals surface area contributed by atoms with Crippen LogP contribution in [0.5, 0.6) is 0 Å². The number of carboxylic acid groups (broad SMARTS) is 1. The molecule has 24 heavy (non-hydrogen) atoms. The molecule has 0 fully saturated rings. The van der Waals surface area contributed by atoms with E-state index in [4.69, 9.17) is 5.11 Å². The minimum Gasteiger partial charge on any atom is -0.481 e. The quantitative estimate of drug-likeness (QED) is 0.884. The maximum absolute atomic E-state index is 12.6. The molecule has 0 saturated carbocycles. The first-order chi connectivity index (χ1) is 11.3. The lowest BCUT2D eigenvalue weighted by molar-refractivity contribution is -0.137. The highest BCUT2D eigenvalue weighted by Crippen LogP contribution is 2.20. The van der Waals surface area contributed by atoms with Crippen LogP contribution in [0.2, 0.25) is 0 Å². The Morgan fingerprint density at radius 2 is 1.96 bits per heavy atom. The van der Waals surface area contributed by atoms with Crippen LogP contribution < -0.4 is 0 Å². The van der Waals surface area contributed by atoms with Gasteiger partial charge in [0.25, 0.3) is 5.91 Å². The highest BCUT2D eigenvalue weighted by atomic mass is 16.4. The summed E-state index contributed by atoms with van der Waals surface area (Å²) in [6, 6.07) is 6.12. The molecular weight excluding hydrogens is 306 g/mol. The van der Waals surface area contributed by atoms with Crippen molar-refractivity contribution in [3.8, 4) is 5.69 Å². The smallest absolute Gasteiger partial charge is 0.303 e. The zero-order chi connectivity index (χ0) is 17.9. The van der Waals surface area contributed by atoms with E-state index in [2.05, 4.69) is 5.10 Å². The van der Waals surface area contributed by atoms with Crippen molar-refractivity contribution < 1.29 is 14.7 Å². The number of aliphatic carboxylic acids is 1. The van der Waals surface area contributed by atoms with Crippen LogP contribution in [-0.2, 0) is 4.79 Å². The molecule has 1 aromatic carbocycles. The Bertz CT molecular complexity index is 765. The number of amides is 1. The molecule has 0 spiro atoms. The maximum Gasteiger partial charge on any atom is 0.303 e. The molecule has 0 aliphatic rings. The van der Waals surface area contributed by atoms with Gasteiger partial charge in [0, 0.05) is 20.0 Å². The predicted octanol–water partition coefficient (Wildman–Crippen LogP) is 2.73. The SMILES string of the molecule is Cc1ccc(C)c(-n2ncc(C(=O)N(C)CCCC(=O)O)c2C)c1. The summed E-state index contributed by atoms with van der Waals surface area (Å²) in [5.74, 6) is -0.996. The van der Waals surface area contributed by atoms with E-state index >= 15 is 0 Å². The molecule has 0 unspecified atom stereocenters. The minimum absolute atomic E-state index is 0.0539. The largest absolute Gasteiger partial charge is 0.481 e. The van der Waals surface area contributed by atoms with Crippen LogP contribution in [0.25, 0.3) is 5.69 Å². The molecule has 128 valence electrons. The zero-order valence-corrected chi connectivity index (χ0v) is 14.5. The van der Waals surface area contributed by atoms with Crippen molar-refractivity contribution in [2.75, 3.05) is 13.6 Å². The van der Waals surface area contributed by atoms with Crippen LogP contribution in [0.3, 0.4) is 0 Å². The van der Waals surface area contributed by atoms with Crippen molar-refractivity contribution >= 4 is 11.9 Å². The lowest BCUT2D eigenvalue weighted by Crippen LogP contribution is -2.28. The van der Waals surface area contributed by atoms with Gasteiger partial charge in [-0.3, -0.25) is 9.59 Å². The van der Waals surface area contributed by atoms with Gasteiger partial charge in [0.2, 0.25) is 0 Å². The molecule has 2 rings (SSSR count). The number of rotatable bonds is 6. The van der Waals surface area contributed by atoms with Gasteiger partial charge in [-0.05, 0) is 44.4 Å². The van der Waals surface area contributed by atoms with Gasteiger partial charge in [0.1, 0.15) is 0 Å². The molecule has 1 amide bonds. The molecule has 1 heterocycles. The van der Waals surface area contributed by atoms with E-state index in [-0.39, 0.29) is 12.3 Å². The Labute approximate surface area is 141 Å². The average Bonchev–Trinajstić information content (AvgIpc) is 2.90. The number of aromatic nitrogens is 2. The van der Waals surface area contributed by atoms with Gasteiger partial charge in [0.15, 0.2) is 0 Å². The monoisotopic (exact) mass is 329 g/mol. The fraction of sp³-hybridized carbons (Fsp3) is 0.389. The van der Waals surface area contributed by atoms with Crippen molar-refractivity contribution in [2.45, 2.75) is 33.6 Å². The van der Waals surface area contributed by atoms with Crippen LogP contribution in [-0.4, -0.2) is 45.3 Å². The van der Waals surface area contributed by atoms with Gasteiger partial charge in [0.05, 0.1) is 23.1 Å². The molecule has 0 radical (unpaired) electrons. The molecule has 6 heteroatoms. The lowest BCUT2D eigenvalue weighted by Gasteiger charge is -2.16. The standard InChI is InChI=1S/C18H23N3O3/c1-12-7-8-13(2)16(10-12)21-14(3)15(11-19-21)18(24)20(4)9-5-6-17(22)23/h7-8,10-11H,5-6,9H2,1-4H3,(H,22,23). The first kappa shape index (κ1) is 17.7. The third kappa shape index (κ3) is 3.82. The van der Waals surface area contributed by atoms with E-state index in [0.717, 1.165) is 22.5 Å². The Morgan fingerprint density at radius 1 is 1.25 bits per heavy atom. The summed E-state index contributed by atoms with van der Waals surface area (Å²) < 4.78 is 1.78. The number of aryl methyl sites for hydroxylation is 2. The zero-order valence-electron chi connectivity index (χ0n) is 14.5. The molecular formula is C18H23N3O3. The fourth-order valence-corrected chi connectivity index (χ4v) is 2.58. The molecule has 2 aromatic rings. The van der Waals surface area contributed by atoms with Crippen LogP contribution in [0.4, 0.5) is 0 Å². The first-order valence-electron chi connectivity index (χ1n) is 7.90. The van der Waals surface area contributed by atoms with Gasteiger partial charge >= 0.3 is 5.97 Å². The predicted molar refractivity (Wildman–Crippen MR) is 91.6 cm³/mol. The third-order valence-corrected chi connectivity index (χ3v) is 4.06. The van der Waals surface area contributed by atoms with E-state index in [0.29, 0.717) is 18.5 Å². The Morgan fingerprint density at radius 3 is 2.62 bits per heavy atom. The molecule has 0 saturated heterocycles. The number of hydrogen-bond acceptors (Lipinski definition) is 3. The molecule has 0 aliphatic carbocycles. The minimum atomic E-state index is -0.852. The van der Waals surface area contributed by atoms with Gasteiger partial charge in [-0.25, -0.2) is 4.68 Å². The van der Waals surface area contributed by atoms with Crippen molar-refractivity contribution in [1.29, 1.82) is 0 Å². The third-order valence-electron chi connectivity index (χ3n) is 4.06. The summed E-state index contributed by atoms with van der Waals surface area (Å²) in [7, 11) is 1.68. The number of benzene rings is 1. The van der Waals surface area contributed by atoms with Gasteiger partial charge in [-0.2, -0.15) is 5.10 Å². The second-order valence-electron chi connectivity index (χ2n) is 6.07. The average molecular weight is 329 g/mol. The van der Waals surface area contributed by atoms with Crippen molar-refractivity contribution in [3.05, 3.63) is 46.8 Å². The fourth-order valence-electron chi connectivity index (χ4n) is 2.58. The van der Waals surface area contributed by atoms with E-state index in [1.165, 1.54) is 0 Å².